The van der Waals surface area contributed by atoms with Crippen LogP contribution in [0.1, 0.15) is 34.6 Å². The zero-order chi connectivity index (χ0) is 15.1. The van der Waals surface area contributed by atoms with Crippen LogP contribution in [0.15, 0.2) is 24.3 Å². The van der Waals surface area contributed by atoms with Crippen molar-refractivity contribution in [2.24, 2.45) is 0 Å². The van der Waals surface area contributed by atoms with Gasteiger partial charge in [-0.2, -0.15) is 4.98 Å². The second-order valence-electron chi connectivity index (χ2n) is 4.95. The first kappa shape index (κ1) is 13.6. The second-order valence-corrected chi connectivity index (χ2v) is 5.39. The molecule has 0 bridgehead atoms. The Bertz CT molecular complexity index is 733. The van der Waals surface area contributed by atoms with E-state index >= 15 is 0 Å². The van der Waals surface area contributed by atoms with E-state index in [0.717, 1.165) is 5.56 Å². The number of anilines is 2. The molecule has 0 saturated heterocycles. The number of amides is 1. The zero-order valence-electron chi connectivity index (χ0n) is 11.4. The molecule has 0 spiro atoms. The number of rotatable bonds is 1. The monoisotopic (exact) mass is 303 g/mol. The van der Waals surface area contributed by atoms with Crippen molar-refractivity contribution in [3.05, 3.63) is 46.1 Å². The Morgan fingerprint density at radius 3 is 2.86 bits per heavy atom. The molecule has 0 radical (unpaired) electrons. The Balaban J connectivity index is 1.96. The Kier molecular flexibility index (Phi) is 3.17. The van der Waals surface area contributed by atoms with Gasteiger partial charge in [0.1, 0.15) is 5.82 Å². The minimum atomic E-state index is -0.209. The minimum Gasteiger partial charge on any atom is -0.383 e. The first-order chi connectivity index (χ1) is 9.97. The van der Waals surface area contributed by atoms with Gasteiger partial charge >= 0.3 is 0 Å². The van der Waals surface area contributed by atoms with Crippen molar-refractivity contribution < 1.29 is 4.79 Å². The molecule has 0 aliphatic carbocycles. The number of hydrogen-bond acceptors (Lipinski definition) is 5. The molecule has 2 aromatic rings. The van der Waals surface area contributed by atoms with Crippen molar-refractivity contribution in [1.29, 1.82) is 0 Å². The number of benzene rings is 1. The summed E-state index contributed by atoms with van der Waals surface area (Å²) >= 11 is 5.94. The highest BCUT2D eigenvalue weighted by atomic mass is 35.5. The second kappa shape index (κ2) is 4.89. The van der Waals surface area contributed by atoms with Crippen LogP contribution in [0.3, 0.4) is 0 Å². The molecule has 2 heterocycles. The topological polar surface area (TPSA) is 98.1 Å². The number of fused-ring (bicyclic) bond motifs is 1. The summed E-state index contributed by atoms with van der Waals surface area (Å²) in [6, 6.07) is 6.63. The molecule has 0 saturated carbocycles. The summed E-state index contributed by atoms with van der Waals surface area (Å²) in [5.74, 6) is 0.321. The number of nitrogen functional groups attached to an aromatic ring is 2. The van der Waals surface area contributed by atoms with Crippen molar-refractivity contribution in [3.63, 3.8) is 0 Å². The Hall–Kier alpha value is -2.34. The van der Waals surface area contributed by atoms with Crippen molar-refractivity contribution in [1.82, 2.24) is 14.9 Å². The first-order valence-corrected chi connectivity index (χ1v) is 6.83. The molecule has 108 valence electrons. The summed E-state index contributed by atoms with van der Waals surface area (Å²) in [5.41, 5.74) is 13.5. The van der Waals surface area contributed by atoms with Crippen LogP contribution < -0.4 is 11.5 Å². The van der Waals surface area contributed by atoms with Crippen molar-refractivity contribution in [2.75, 3.05) is 11.5 Å². The lowest BCUT2D eigenvalue weighted by atomic mass is 10.1. The summed E-state index contributed by atoms with van der Waals surface area (Å²) in [6.45, 7) is 2.26. The highest BCUT2D eigenvalue weighted by Gasteiger charge is 2.34. The minimum absolute atomic E-state index is 0.121. The van der Waals surface area contributed by atoms with Gasteiger partial charge in [-0.3, -0.25) is 4.79 Å². The number of carbonyl (C=O) groups excluding carboxylic acids is 1. The fourth-order valence-corrected chi connectivity index (χ4v) is 2.73. The fourth-order valence-electron chi connectivity index (χ4n) is 2.54. The summed E-state index contributed by atoms with van der Waals surface area (Å²) in [5, 5.41) is 0.522. The molecule has 21 heavy (non-hydrogen) atoms. The maximum absolute atomic E-state index is 12.6. The van der Waals surface area contributed by atoms with E-state index in [4.69, 9.17) is 23.1 Å². The Morgan fingerprint density at radius 1 is 1.38 bits per heavy atom. The van der Waals surface area contributed by atoms with Crippen LogP contribution in [0.25, 0.3) is 0 Å². The maximum Gasteiger partial charge on any atom is 0.254 e. The van der Waals surface area contributed by atoms with E-state index in [1.165, 1.54) is 0 Å². The average Bonchev–Trinajstić information content (AvgIpc) is 2.76. The van der Waals surface area contributed by atoms with Crippen LogP contribution in [0, 0.1) is 0 Å². The van der Waals surface area contributed by atoms with Gasteiger partial charge in [0, 0.05) is 16.1 Å². The summed E-state index contributed by atoms with van der Waals surface area (Å²) < 4.78 is 0. The Morgan fingerprint density at radius 2 is 2.14 bits per heavy atom. The van der Waals surface area contributed by atoms with Gasteiger partial charge in [0.25, 0.3) is 5.91 Å². The molecule has 1 aliphatic rings. The predicted molar refractivity (Wildman–Crippen MR) is 80.6 cm³/mol. The summed E-state index contributed by atoms with van der Waals surface area (Å²) in [7, 11) is 0. The molecule has 1 aromatic heterocycles. The molecule has 0 fully saturated rings. The van der Waals surface area contributed by atoms with E-state index in [9.17, 15) is 4.79 Å². The van der Waals surface area contributed by atoms with Gasteiger partial charge in [-0.05, 0) is 25.1 Å². The van der Waals surface area contributed by atoms with Crippen LogP contribution in [-0.4, -0.2) is 20.8 Å². The lowest BCUT2D eigenvalue weighted by molar-refractivity contribution is 0.0703. The first-order valence-electron chi connectivity index (χ1n) is 6.45. The van der Waals surface area contributed by atoms with Gasteiger partial charge in [-0.15, -0.1) is 0 Å². The molecule has 3 rings (SSSR count). The van der Waals surface area contributed by atoms with E-state index < -0.39 is 0 Å². The van der Waals surface area contributed by atoms with Gasteiger partial charge in [0.05, 0.1) is 18.3 Å². The van der Waals surface area contributed by atoms with E-state index in [0.29, 0.717) is 28.6 Å². The van der Waals surface area contributed by atoms with E-state index in [1.54, 1.807) is 29.2 Å². The number of aromatic nitrogens is 2. The third kappa shape index (κ3) is 2.27. The predicted octanol–water partition coefficient (Wildman–Crippen LogP) is 2.01. The number of nitrogens with zero attached hydrogens (tertiary/aromatic N) is 3. The normalized spacial score (nSPS) is 16.9. The number of nitrogens with two attached hydrogens (primary N) is 2. The highest BCUT2D eigenvalue weighted by molar-refractivity contribution is 6.30. The molecule has 6 nitrogen and oxygen atoms in total. The standard InChI is InChI=1S/C14H14ClN5O/c1-7-11-10(12(16)19-14(17)18-11)6-20(7)13(21)8-3-2-4-9(15)5-8/h2-5,7H,6H2,1H3,(H4,16,17,18,19). The average molecular weight is 304 g/mol. The molecule has 7 heteroatoms. The van der Waals surface area contributed by atoms with E-state index in [-0.39, 0.29) is 17.9 Å². The van der Waals surface area contributed by atoms with Crippen molar-refractivity contribution >= 4 is 29.3 Å². The van der Waals surface area contributed by atoms with Gasteiger partial charge < -0.3 is 16.4 Å². The molecule has 1 aromatic carbocycles. The van der Waals surface area contributed by atoms with Crippen molar-refractivity contribution in [3.8, 4) is 0 Å². The molecule has 1 unspecified atom stereocenters. The Labute approximate surface area is 126 Å². The lowest BCUT2D eigenvalue weighted by Gasteiger charge is -2.21. The van der Waals surface area contributed by atoms with Gasteiger partial charge in [-0.25, -0.2) is 4.98 Å². The summed E-state index contributed by atoms with van der Waals surface area (Å²) in [6.07, 6.45) is 0. The smallest absolute Gasteiger partial charge is 0.254 e. The fraction of sp³-hybridized carbons (Fsp3) is 0.214. The van der Waals surface area contributed by atoms with Crippen LogP contribution in [0.5, 0.6) is 0 Å². The van der Waals surface area contributed by atoms with Crippen LogP contribution in [0.4, 0.5) is 11.8 Å². The number of carbonyl (C=O) groups is 1. The van der Waals surface area contributed by atoms with E-state index in [2.05, 4.69) is 9.97 Å². The third-order valence-electron chi connectivity index (χ3n) is 3.61. The molecular formula is C14H14ClN5O. The molecular weight excluding hydrogens is 290 g/mol. The highest BCUT2D eigenvalue weighted by Crippen LogP contribution is 2.35. The van der Waals surface area contributed by atoms with Crippen LogP contribution in [-0.2, 0) is 6.54 Å². The number of halogens is 1. The maximum atomic E-state index is 12.6. The molecule has 1 amide bonds. The quantitative estimate of drug-likeness (QED) is 0.839. The summed E-state index contributed by atoms with van der Waals surface area (Å²) in [4.78, 5) is 22.5. The molecule has 1 aliphatic heterocycles. The van der Waals surface area contributed by atoms with Crippen LogP contribution >= 0.6 is 11.6 Å². The van der Waals surface area contributed by atoms with Gasteiger partial charge in [0.15, 0.2) is 0 Å². The van der Waals surface area contributed by atoms with E-state index in [1.807, 2.05) is 6.92 Å². The molecule has 4 N–H and O–H groups in total. The van der Waals surface area contributed by atoms with Gasteiger partial charge in [-0.1, -0.05) is 17.7 Å². The zero-order valence-corrected chi connectivity index (χ0v) is 12.1. The van der Waals surface area contributed by atoms with Crippen molar-refractivity contribution in [2.45, 2.75) is 19.5 Å². The van der Waals surface area contributed by atoms with Crippen LogP contribution in [0.2, 0.25) is 5.02 Å². The largest absolute Gasteiger partial charge is 0.383 e. The number of hydrogen-bond donors (Lipinski definition) is 2. The van der Waals surface area contributed by atoms with Gasteiger partial charge in [0.2, 0.25) is 5.95 Å². The lowest BCUT2D eigenvalue weighted by Crippen LogP contribution is -2.28. The third-order valence-corrected chi connectivity index (χ3v) is 3.85. The molecule has 1 atom stereocenters. The SMILES string of the molecule is CC1c2nc(N)nc(N)c2CN1C(=O)c1cccc(Cl)c1.